The molecule has 0 spiro atoms. The molecule has 4 rings (SSSR count). The molecule has 0 heterocycles. The molecule has 4 nitrogen and oxygen atoms in total. The van der Waals surface area contributed by atoms with Crippen LogP contribution in [-0.4, -0.2) is 11.4 Å². The first-order chi connectivity index (χ1) is 17.0. The molecule has 3 aromatic carbocycles. The van der Waals surface area contributed by atoms with Gasteiger partial charge in [0.2, 0.25) is 0 Å². The molecule has 3 aromatic rings. The van der Waals surface area contributed by atoms with Gasteiger partial charge in [0, 0.05) is 17.2 Å². The number of hydrogen-bond acceptors (Lipinski definition) is 4. The second-order valence-electron chi connectivity index (χ2n) is 8.97. The lowest BCUT2D eigenvalue weighted by Crippen LogP contribution is -2.16. The van der Waals surface area contributed by atoms with Crippen LogP contribution >= 0.6 is 0 Å². The summed E-state index contributed by atoms with van der Waals surface area (Å²) in [5, 5.41) is 13.6. The van der Waals surface area contributed by atoms with E-state index in [2.05, 4.69) is 5.32 Å². The number of ether oxygens (including phenoxy) is 1. The molecule has 2 unspecified atom stereocenters. The second-order valence-corrected chi connectivity index (χ2v) is 8.97. The minimum absolute atomic E-state index is 0.0248. The molecule has 0 radical (unpaired) electrons. The Bertz CT molecular complexity index is 1290. The first-order valence-corrected chi connectivity index (χ1v) is 11.4. The lowest BCUT2D eigenvalue weighted by Gasteiger charge is -2.23. The van der Waals surface area contributed by atoms with Crippen molar-refractivity contribution in [2.45, 2.75) is 50.9 Å². The van der Waals surface area contributed by atoms with E-state index >= 15 is 0 Å². The highest BCUT2D eigenvalue weighted by atomic mass is 19.4. The number of rotatable bonds is 8. The third kappa shape index (κ3) is 5.51. The van der Waals surface area contributed by atoms with Gasteiger partial charge in [-0.15, -0.1) is 0 Å². The average molecular weight is 505 g/mol. The Balaban J connectivity index is 1.77. The predicted octanol–water partition coefficient (Wildman–Crippen LogP) is 7.37. The lowest BCUT2D eigenvalue weighted by molar-refractivity contribution is -0.138. The molecule has 1 aliphatic carbocycles. The Morgan fingerprint density at radius 1 is 1.03 bits per heavy atom. The normalized spacial score (nSPS) is 15.3. The van der Waals surface area contributed by atoms with E-state index in [9.17, 15) is 31.9 Å². The minimum Gasteiger partial charge on any atom is -0.457 e. The molecular weight excluding hydrogens is 481 g/mol. The van der Waals surface area contributed by atoms with Crippen LogP contribution in [0.5, 0.6) is 11.5 Å². The van der Waals surface area contributed by atoms with Crippen LogP contribution in [0.3, 0.4) is 0 Å². The summed E-state index contributed by atoms with van der Waals surface area (Å²) in [6.45, 7) is 3.09. The average Bonchev–Trinajstić information content (AvgIpc) is 3.66. The molecular formula is C27H24F5NO3. The quantitative estimate of drug-likeness (QED) is 0.191. The maximum absolute atomic E-state index is 14.1. The van der Waals surface area contributed by atoms with Gasteiger partial charge in [-0.2, -0.15) is 13.2 Å². The summed E-state index contributed by atoms with van der Waals surface area (Å²) in [4.78, 5) is 11.1. The summed E-state index contributed by atoms with van der Waals surface area (Å²) in [5.41, 5.74) is -0.334. The summed E-state index contributed by atoms with van der Waals surface area (Å²) in [6.07, 6.45) is -4.59. The number of hydrogen-bond donors (Lipinski definition) is 2. The van der Waals surface area contributed by atoms with E-state index < -0.39 is 35.5 Å². The van der Waals surface area contributed by atoms with Crippen molar-refractivity contribution < 1.29 is 36.6 Å². The summed E-state index contributed by atoms with van der Waals surface area (Å²) in [6, 6.07) is 9.57. The van der Waals surface area contributed by atoms with Crippen molar-refractivity contribution in [3.8, 4) is 11.5 Å². The van der Waals surface area contributed by atoms with E-state index in [0.717, 1.165) is 18.2 Å². The Morgan fingerprint density at radius 2 is 1.75 bits per heavy atom. The number of aliphatic hydroxyl groups excluding tert-OH is 1. The molecule has 2 atom stereocenters. The van der Waals surface area contributed by atoms with Crippen LogP contribution in [0.1, 0.15) is 65.6 Å². The van der Waals surface area contributed by atoms with Gasteiger partial charge in [0.05, 0.1) is 5.56 Å². The van der Waals surface area contributed by atoms with Crippen molar-refractivity contribution in [1.29, 1.82) is 0 Å². The maximum atomic E-state index is 14.1. The second kappa shape index (κ2) is 9.89. The van der Waals surface area contributed by atoms with E-state index in [1.54, 1.807) is 6.92 Å². The van der Waals surface area contributed by atoms with E-state index in [1.807, 2.05) is 0 Å². The van der Waals surface area contributed by atoms with Crippen molar-refractivity contribution in [2.24, 2.45) is 0 Å². The molecule has 36 heavy (non-hydrogen) atoms. The van der Waals surface area contributed by atoms with Gasteiger partial charge in [0.1, 0.15) is 29.4 Å². The standard InChI is InChI=1S/C27H24F5NO3/c1-14-9-17(28)5-8-24(14)36-25-12-20(16-3-4-16)22(27(30,31)32)11-21(25)26(35)33-18-6-7-23(29)19(10-18)15(2)13-34/h5-13,15-16,26,33,35H,3-4H2,1-2H3. The fourth-order valence-electron chi connectivity index (χ4n) is 4.03. The molecule has 0 bridgehead atoms. The summed E-state index contributed by atoms with van der Waals surface area (Å²) in [7, 11) is 0. The Labute approximate surface area is 204 Å². The molecule has 0 amide bonds. The van der Waals surface area contributed by atoms with Gasteiger partial charge >= 0.3 is 6.18 Å². The van der Waals surface area contributed by atoms with Gasteiger partial charge in [0.15, 0.2) is 6.23 Å². The highest BCUT2D eigenvalue weighted by molar-refractivity contribution is 5.64. The fraction of sp³-hybridized carbons (Fsp3) is 0.296. The van der Waals surface area contributed by atoms with Crippen molar-refractivity contribution >= 4 is 12.0 Å². The third-order valence-electron chi connectivity index (χ3n) is 6.15. The first-order valence-electron chi connectivity index (χ1n) is 11.4. The SMILES string of the molecule is Cc1cc(F)ccc1Oc1cc(C2CC2)c(C(F)(F)F)cc1C(O)Nc1ccc(F)c(C(C)C=O)c1. The Kier molecular flexibility index (Phi) is 7.04. The van der Waals surface area contributed by atoms with Gasteiger partial charge in [-0.3, -0.25) is 0 Å². The molecule has 190 valence electrons. The number of nitrogens with one attached hydrogen (secondary N) is 1. The van der Waals surface area contributed by atoms with Crippen LogP contribution in [0.15, 0.2) is 48.5 Å². The zero-order valence-corrected chi connectivity index (χ0v) is 19.5. The lowest BCUT2D eigenvalue weighted by atomic mass is 9.97. The number of halogens is 5. The fourth-order valence-corrected chi connectivity index (χ4v) is 4.03. The van der Waals surface area contributed by atoms with Crippen molar-refractivity contribution in [3.05, 3.63) is 88.0 Å². The number of aliphatic hydroxyl groups is 1. The zero-order valence-electron chi connectivity index (χ0n) is 19.5. The first kappa shape index (κ1) is 25.6. The number of aryl methyl sites for hydroxylation is 1. The minimum atomic E-state index is -4.67. The number of carbonyl (C=O) groups is 1. The number of anilines is 1. The molecule has 0 saturated heterocycles. The smallest absolute Gasteiger partial charge is 0.416 e. The van der Waals surface area contributed by atoms with Crippen LogP contribution in [0.4, 0.5) is 27.6 Å². The van der Waals surface area contributed by atoms with Gasteiger partial charge in [-0.05, 0) is 90.9 Å². The maximum Gasteiger partial charge on any atom is 0.416 e. The van der Waals surface area contributed by atoms with Crippen molar-refractivity contribution in [1.82, 2.24) is 0 Å². The van der Waals surface area contributed by atoms with E-state index in [0.29, 0.717) is 24.7 Å². The summed E-state index contributed by atoms with van der Waals surface area (Å²) >= 11 is 0. The van der Waals surface area contributed by atoms with Crippen molar-refractivity contribution in [3.63, 3.8) is 0 Å². The van der Waals surface area contributed by atoms with Gasteiger partial charge < -0.3 is 20.0 Å². The summed E-state index contributed by atoms with van der Waals surface area (Å²) in [5.74, 6) is -1.97. The van der Waals surface area contributed by atoms with Crippen LogP contribution in [-0.2, 0) is 11.0 Å². The molecule has 0 aliphatic heterocycles. The van der Waals surface area contributed by atoms with E-state index in [4.69, 9.17) is 4.74 Å². The summed E-state index contributed by atoms with van der Waals surface area (Å²) < 4.78 is 75.4. The Morgan fingerprint density at radius 3 is 2.36 bits per heavy atom. The third-order valence-corrected chi connectivity index (χ3v) is 6.15. The molecule has 1 fully saturated rings. The van der Waals surface area contributed by atoms with Crippen LogP contribution in [0, 0.1) is 18.6 Å². The highest BCUT2D eigenvalue weighted by Crippen LogP contribution is 2.49. The van der Waals surface area contributed by atoms with Crippen LogP contribution < -0.4 is 10.1 Å². The van der Waals surface area contributed by atoms with Gasteiger partial charge in [-0.25, -0.2) is 8.78 Å². The van der Waals surface area contributed by atoms with Crippen LogP contribution in [0.25, 0.3) is 0 Å². The number of benzene rings is 3. The van der Waals surface area contributed by atoms with Crippen molar-refractivity contribution in [2.75, 3.05) is 5.32 Å². The molecule has 0 aromatic heterocycles. The highest BCUT2D eigenvalue weighted by Gasteiger charge is 2.40. The monoisotopic (exact) mass is 505 g/mol. The number of aldehydes is 1. The number of carbonyl (C=O) groups excluding carboxylic acids is 1. The topological polar surface area (TPSA) is 58.6 Å². The predicted molar refractivity (Wildman–Crippen MR) is 124 cm³/mol. The molecule has 9 heteroatoms. The largest absolute Gasteiger partial charge is 0.457 e. The zero-order chi connectivity index (χ0) is 26.2. The van der Waals surface area contributed by atoms with Gasteiger partial charge in [-0.1, -0.05) is 6.92 Å². The molecule has 1 saturated carbocycles. The molecule has 1 aliphatic rings. The number of alkyl halides is 3. The Hall–Kier alpha value is -3.46. The van der Waals surface area contributed by atoms with Gasteiger partial charge in [0.25, 0.3) is 0 Å². The van der Waals surface area contributed by atoms with Crippen LogP contribution in [0.2, 0.25) is 0 Å². The van der Waals surface area contributed by atoms with E-state index in [-0.39, 0.29) is 39.8 Å². The van der Waals surface area contributed by atoms with E-state index in [1.165, 1.54) is 37.3 Å². The molecule has 2 N–H and O–H groups in total.